The molecule has 0 saturated heterocycles. The molecule has 1 nitrogen and oxygen atoms in total. The average Bonchev–Trinajstić information content (AvgIpc) is 3.00. The number of aryl methyl sites for hydroxylation is 4. The van der Waals surface area contributed by atoms with Gasteiger partial charge in [-0.1, -0.05) is 0 Å². The van der Waals surface area contributed by atoms with Crippen LogP contribution in [0.5, 0.6) is 0 Å². The van der Waals surface area contributed by atoms with Crippen LogP contribution in [0.15, 0.2) is 8.95 Å². The fourth-order valence-electron chi connectivity index (χ4n) is 3.14. The smallest absolute Gasteiger partial charge is 0.164 e. The lowest BCUT2D eigenvalue weighted by molar-refractivity contribution is -0.113. The number of rotatable bonds is 2. The molecule has 5 heteroatoms. The Balaban J connectivity index is 2.32. The minimum Gasteiger partial charge on any atom is -0.294 e. The van der Waals surface area contributed by atoms with Gasteiger partial charge in [0.15, 0.2) is 5.78 Å². The third-order valence-corrected chi connectivity index (χ3v) is 8.66. The van der Waals surface area contributed by atoms with Gasteiger partial charge in [0.25, 0.3) is 0 Å². The van der Waals surface area contributed by atoms with E-state index in [-0.39, 0.29) is 5.78 Å². The van der Waals surface area contributed by atoms with Crippen molar-refractivity contribution in [1.29, 1.82) is 0 Å². The van der Waals surface area contributed by atoms with E-state index in [1.54, 1.807) is 22.7 Å². The highest BCUT2D eigenvalue weighted by Crippen LogP contribution is 2.48. The SMILES string of the molecule is Cc1sc(C)c(C2=C(c3c(C)sc(C)c3Br)C(=O)CC2)c1Br. The molecule has 0 radical (unpaired) electrons. The summed E-state index contributed by atoms with van der Waals surface area (Å²) in [5, 5.41) is 0. The summed E-state index contributed by atoms with van der Waals surface area (Å²) in [4.78, 5) is 17.6. The monoisotopic (exact) mass is 458 g/mol. The molecule has 0 spiro atoms. The molecule has 3 rings (SSSR count). The Kier molecular flexibility index (Phi) is 4.54. The Morgan fingerprint density at radius 1 is 0.773 bits per heavy atom. The van der Waals surface area contributed by atoms with E-state index in [4.69, 9.17) is 0 Å². The molecule has 0 amide bonds. The zero-order valence-electron chi connectivity index (χ0n) is 12.9. The zero-order chi connectivity index (χ0) is 16.2. The molecule has 0 bridgehead atoms. The topological polar surface area (TPSA) is 17.1 Å². The fraction of sp³-hybridized carbons (Fsp3) is 0.353. The molecule has 1 aliphatic carbocycles. The van der Waals surface area contributed by atoms with Gasteiger partial charge in [-0.2, -0.15) is 0 Å². The van der Waals surface area contributed by atoms with Crippen molar-refractivity contribution < 1.29 is 4.79 Å². The van der Waals surface area contributed by atoms with Crippen molar-refractivity contribution in [2.45, 2.75) is 40.5 Å². The van der Waals surface area contributed by atoms with Crippen LogP contribution in [0, 0.1) is 27.7 Å². The van der Waals surface area contributed by atoms with E-state index in [1.807, 2.05) is 0 Å². The molecule has 1 aliphatic rings. The number of hydrogen-bond acceptors (Lipinski definition) is 3. The second-order valence-corrected chi connectivity index (χ2v) is 10.0. The van der Waals surface area contributed by atoms with E-state index in [0.717, 1.165) is 26.5 Å². The molecule has 0 atom stereocenters. The van der Waals surface area contributed by atoms with Crippen LogP contribution in [0.2, 0.25) is 0 Å². The maximum Gasteiger partial charge on any atom is 0.164 e. The quantitative estimate of drug-likeness (QED) is 0.480. The maximum atomic E-state index is 12.6. The Labute approximate surface area is 155 Å². The van der Waals surface area contributed by atoms with Crippen LogP contribution < -0.4 is 0 Å². The Hall–Kier alpha value is -0.230. The second kappa shape index (κ2) is 6.00. The number of carbonyl (C=O) groups excluding carboxylic acids is 1. The summed E-state index contributed by atoms with van der Waals surface area (Å²) in [7, 11) is 0. The first-order valence-electron chi connectivity index (χ1n) is 7.11. The number of thiophene rings is 2. The van der Waals surface area contributed by atoms with Gasteiger partial charge in [0.2, 0.25) is 0 Å². The van der Waals surface area contributed by atoms with Crippen LogP contribution in [0.3, 0.4) is 0 Å². The molecule has 0 fully saturated rings. The van der Waals surface area contributed by atoms with Crippen molar-refractivity contribution in [2.24, 2.45) is 0 Å². The highest BCUT2D eigenvalue weighted by Gasteiger charge is 2.31. The molecule has 116 valence electrons. The van der Waals surface area contributed by atoms with Gasteiger partial charge >= 0.3 is 0 Å². The first kappa shape index (κ1) is 16.6. The lowest BCUT2D eigenvalue weighted by Crippen LogP contribution is -1.97. The van der Waals surface area contributed by atoms with Crippen LogP contribution in [-0.2, 0) is 4.79 Å². The highest BCUT2D eigenvalue weighted by molar-refractivity contribution is 9.11. The van der Waals surface area contributed by atoms with Crippen molar-refractivity contribution in [2.75, 3.05) is 0 Å². The predicted octanol–water partition coefficient (Wildman–Crippen LogP) is 6.84. The van der Waals surface area contributed by atoms with Crippen LogP contribution in [-0.4, -0.2) is 5.78 Å². The van der Waals surface area contributed by atoms with Gasteiger partial charge in [-0.3, -0.25) is 4.79 Å². The standard InChI is InChI=1S/C17H16Br2OS2/c1-7-13(16(18)9(3)21-7)11-5-6-12(20)15(11)14-8(2)22-10(4)17(14)19/h5-6H2,1-4H3. The summed E-state index contributed by atoms with van der Waals surface area (Å²) in [6.07, 6.45) is 1.46. The number of hydrogen-bond donors (Lipinski definition) is 0. The predicted molar refractivity (Wildman–Crippen MR) is 104 cm³/mol. The van der Waals surface area contributed by atoms with Crippen molar-refractivity contribution in [3.05, 3.63) is 39.6 Å². The molecule has 0 aromatic carbocycles. The Morgan fingerprint density at radius 2 is 1.27 bits per heavy atom. The average molecular weight is 460 g/mol. The highest BCUT2D eigenvalue weighted by atomic mass is 79.9. The number of ketones is 1. The molecular weight excluding hydrogens is 444 g/mol. The summed E-state index contributed by atoms with van der Waals surface area (Å²) in [5.41, 5.74) is 4.48. The molecule has 0 unspecified atom stereocenters. The van der Waals surface area contributed by atoms with Gasteiger partial charge in [-0.15, -0.1) is 22.7 Å². The van der Waals surface area contributed by atoms with Crippen LogP contribution in [0.4, 0.5) is 0 Å². The van der Waals surface area contributed by atoms with E-state index in [2.05, 4.69) is 59.6 Å². The number of carbonyl (C=O) groups is 1. The minimum atomic E-state index is 0.270. The van der Waals surface area contributed by atoms with Gasteiger partial charge < -0.3 is 0 Å². The summed E-state index contributed by atoms with van der Waals surface area (Å²) >= 11 is 11.0. The minimum absolute atomic E-state index is 0.270. The van der Waals surface area contributed by atoms with Crippen LogP contribution in [0.1, 0.15) is 43.5 Å². The largest absolute Gasteiger partial charge is 0.294 e. The number of Topliss-reactive ketones (excluding diaryl/α,β-unsaturated/α-hetero) is 1. The maximum absolute atomic E-state index is 12.6. The van der Waals surface area contributed by atoms with Gasteiger partial charge in [0.1, 0.15) is 0 Å². The summed E-state index contributed by atoms with van der Waals surface area (Å²) < 4.78 is 2.23. The molecule has 0 aliphatic heterocycles. The summed E-state index contributed by atoms with van der Waals surface area (Å²) in [6, 6.07) is 0. The number of allylic oxidation sites excluding steroid dienone is 2. The lowest BCUT2D eigenvalue weighted by atomic mass is 9.97. The van der Waals surface area contributed by atoms with E-state index in [9.17, 15) is 4.79 Å². The molecular formula is C17H16Br2OS2. The van der Waals surface area contributed by atoms with Crippen molar-refractivity contribution >= 4 is 71.5 Å². The lowest BCUT2D eigenvalue weighted by Gasteiger charge is -2.09. The molecule has 0 saturated carbocycles. The van der Waals surface area contributed by atoms with Gasteiger partial charge in [0, 0.05) is 51.6 Å². The number of halogens is 2. The third kappa shape index (κ3) is 2.50. The fourth-order valence-corrected chi connectivity index (χ4v) is 6.86. The Morgan fingerprint density at radius 3 is 1.73 bits per heavy atom. The Bertz CT molecular complexity index is 824. The van der Waals surface area contributed by atoms with Crippen molar-refractivity contribution in [3.63, 3.8) is 0 Å². The second-order valence-electron chi connectivity index (χ2n) is 5.58. The van der Waals surface area contributed by atoms with Gasteiger partial charge in [-0.05, 0) is 71.5 Å². The van der Waals surface area contributed by atoms with Crippen molar-refractivity contribution in [3.8, 4) is 0 Å². The van der Waals surface area contributed by atoms with E-state index in [0.29, 0.717) is 6.42 Å². The zero-order valence-corrected chi connectivity index (χ0v) is 17.7. The molecule has 2 aromatic heterocycles. The molecule has 0 N–H and O–H groups in total. The summed E-state index contributed by atoms with van der Waals surface area (Å²) in [5.74, 6) is 0.270. The summed E-state index contributed by atoms with van der Waals surface area (Å²) in [6.45, 7) is 8.47. The van der Waals surface area contributed by atoms with Crippen molar-refractivity contribution in [1.82, 2.24) is 0 Å². The van der Waals surface area contributed by atoms with Crippen LogP contribution in [0.25, 0.3) is 11.1 Å². The first-order valence-corrected chi connectivity index (χ1v) is 10.3. The van der Waals surface area contributed by atoms with Crippen LogP contribution >= 0.6 is 54.5 Å². The van der Waals surface area contributed by atoms with Gasteiger partial charge in [-0.25, -0.2) is 0 Å². The normalized spacial score (nSPS) is 15.3. The van der Waals surface area contributed by atoms with E-state index >= 15 is 0 Å². The molecule has 2 aromatic rings. The first-order chi connectivity index (χ1) is 10.3. The molecule has 22 heavy (non-hydrogen) atoms. The third-order valence-electron chi connectivity index (χ3n) is 4.11. The van der Waals surface area contributed by atoms with E-state index in [1.165, 1.54) is 30.6 Å². The van der Waals surface area contributed by atoms with E-state index < -0.39 is 0 Å². The molecule has 2 heterocycles. The van der Waals surface area contributed by atoms with Gasteiger partial charge in [0.05, 0.1) is 0 Å².